The molecule has 240 valence electrons. The molecule has 6 N–H and O–H groups in total. The number of fused-ring (bicyclic) bond motifs is 12. The van der Waals surface area contributed by atoms with Crippen LogP contribution in [0.5, 0.6) is 17.2 Å². The van der Waals surface area contributed by atoms with E-state index in [1.807, 2.05) is 35.9 Å². The Morgan fingerprint density at radius 1 is 1.02 bits per heavy atom. The molecule has 0 radical (unpaired) electrons. The van der Waals surface area contributed by atoms with Gasteiger partial charge in [0.05, 0.1) is 22.7 Å². The molecule has 3 aromatic carbocycles. The molecule has 0 aliphatic carbocycles. The van der Waals surface area contributed by atoms with Crippen LogP contribution < -0.4 is 26.0 Å². The van der Waals surface area contributed by atoms with Crippen molar-refractivity contribution < 1.29 is 34.1 Å². The number of amides is 4. The predicted octanol–water partition coefficient (Wildman–Crippen LogP) is 1.45. The average Bonchev–Trinajstić information content (AvgIpc) is 3.35. The summed E-state index contributed by atoms with van der Waals surface area (Å²) in [6.45, 7) is 3.00. The maximum absolute atomic E-state index is 13.4. The van der Waals surface area contributed by atoms with E-state index in [0.717, 1.165) is 22.4 Å². The van der Waals surface area contributed by atoms with Crippen LogP contribution in [0.25, 0.3) is 11.0 Å². The highest BCUT2D eigenvalue weighted by Crippen LogP contribution is 2.28. The van der Waals surface area contributed by atoms with Crippen molar-refractivity contribution in [1.82, 2.24) is 30.8 Å². The maximum Gasteiger partial charge on any atom is 0.255 e. The summed E-state index contributed by atoms with van der Waals surface area (Å²) in [4.78, 5) is 57.4. The molecule has 4 atom stereocenters. The number of nitrogens with zero attached hydrogens (tertiary/aromatic N) is 2. The molecule has 13 nitrogen and oxygen atoms in total. The van der Waals surface area contributed by atoms with Gasteiger partial charge in [-0.05, 0) is 61.9 Å². The molecule has 3 heterocycles. The minimum Gasteiger partial charge on any atom is -0.507 e. The van der Waals surface area contributed by atoms with Gasteiger partial charge in [-0.1, -0.05) is 24.3 Å². The lowest BCUT2D eigenvalue weighted by atomic mass is 10.0. The Balaban J connectivity index is 1.38. The summed E-state index contributed by atoms with van der Waals surface area (Å²) < 4.78 is 7.84. The lowest BCUT2D eigenvalue weighted by molar-refractivity contribution is -0.133. The second-order valence-electron chi connectivity index (χ2n) is 11.2. The van der Waals surface area contributed by atoms with Gasteiger partial charge in [0.25, 0.3) is 5.91 Å². The van der Waals surface area contributed by atoms with Crippen LogP contribution in [-0.2, 0) is 34.3 Å². The Labute approximate surface area is 265 Å². The molecule has 2 aliphatic rings. The van der Waals surface area contributed by atoms with Crippen molar-refractivity contribution in [1.29, 1.82) is 0 Å². The highest BCUT2D eigenvalue weighted by atomic mass is 16.5. The largest absolute Gasteiger partial charge is 0.507 e. The normalized spacial score (nSPS) is 19.7. The molecule has 0 unspecified atom stereocenters. The van der Waals surface area contributed by atoms with Crippen LogP contribution >= 0.6 is 0 Å². The molecule has 13 heteroatoms. The van der Waals surface area contributed by atoms with Gasteiger partial charge < -0.3 is 40.8 Å². The van der Waals surface area contributed by atoms with Crippen molar-refractivity contribution in [2.24, 2.45) is 7.05 Å². The van der Waals surface area contributed by atoms with Gasteiger partial charge in [-0.3, -0.25) is 19.2 Å². The highest BCUT2D eigenvalue weighted by molar-refractivity contribution is 6.01. The predicted molar refractivity (Wildman–Crippen MR) is 168 cm³/mol. The van der Waals surface area contributed by atoms with Gasteiger partial charge >= 0.3 is 0 Å². The third-order valence-corrected chi connectivity index (χ3v) is 7.78. The molecular weight excluding hydrogens is 592 g/mol. The Morgan fingerprint density at radius 2 is 1.74 bits per heavy atom. The second-order valence-corrected chi connectivity index (χ2v) is 11.2. The van der Waals surface area contributed by atoms with Crippen molar-refractivity contribution >= 4 is 34.7 Å². The number of rotatable bonds is 5. The Bertz CT molecular complexity index is 1770. The Kier molecular flexibility index (Phi) is 9.52. The number of aryl methyl sites for hydroxylation is 1. The van der Waals surface area contributed by atoms with Crippen LogP contribution in [0.4, 0.5) is 0 Å². The quantitative estimate of drug-likeness (QED) is 0.180. The fourth-order valence-corrected chi connectivity index (χ4v) is 5.16. The van der Waals surface area contributed by atoms with Crippen molar-refractivity contribution in [3.05, 3.63) is 83.7 Å². The molecule has 6 rings (SSSR count). The molecule has 2 aliphatic heterocycles. The van der Waals surface area contributed by atoms with Gasteiger partial charge in [-0.15, -0.1) is 0 Å². The first-order chi connectivity index (χ1) is 22.0. The van der Waals surface area contributed by atoms with Crippen molar-refractivity contribution in [2.75, 3.05) is 6.54 Å². The summed E-state index contributed by atoms with van der Waals surface area (Å²) in [7, 11) is 1.91. The Morgan fingerprint density at radius 3 is 2.46 bits per heavy atom. The van der Waals surface area contributed by atoms with E-state index in [9.17, 15) is 29.4 Å². The molecule has 0 spiro atoms. The van der Waals surface area contributed by atoms with Crippen molar-refractivity contribution in [3.63, 3.8) is 0 Å². The van der Waals surface area contributed by atoms with Gasteiger partial charge in [0.15, 0.2) is 0 Å². The summed E-state index contributed by atoms with van der Waals surface area (Å²) in [6, 6.07) is 15.1. The summed E-state index contributed by atoms with van der Waals surface area (Å²) >= 11 is 0. The molecule has 0 fully saturated rings. The van der Waals surface area contributed by atoms with Crippen molar-refractivity contribution in [3.8, 4) is 17.2 Å². The van der Waals surface area contributed by atoms with Gasteiger partial charge in [-0.25, -0.2) is 4.98 Å². The van der Waals surface area contributed by atoms with Crippen LogP contribution in [0.3, 0.4) is 0 Å². The van der Waals surface area contributed by atoms with Gasteiger partial charge in [0.1, 0.15) is 41.2 Å². The number of aromatic hydroxyl groups is 1. The fraction of sp³-hybridized carbons (Fsp3) is 0.303. The number of hydrogen-bond donors (Lipinski definition) is 6. The number of aliphatic hydroxyl groups excluding tert-OH is 1. The zero-order valence-corrected chi connectivity index (χ0v) is 25.6. The molecule has 1 aromatic heterocycles. The molecule has 0 saturated heterocycles. The van der Waals surface area contributed by atoms with Gasteiger partial charge in [0.2, 0.25) is 17.7 Å². The minimum absolute atomic E-state index is 0.139. The van der Waals surface area contributed by atoms with E-state index in [2.05, 4.69) is 26.3 Å². The van der Waals surface area contributed by atoms with Crippen LogP contribution in [0.1, 0.15) is 35.6 Å². The molecule has 46 heavy (non-hydrogen) atoms. The van der Waals surface area contributed by atoms with Crippen LogP contribution in [0.15, 0.2) is 66.7 Å². The van der Waals surface area contributed by atoms with E-state index >= 15 is 0 Å². The number of aliphatic hydroxyl groups is 1. The Hall–Kier alpha value is -5.43. The average molecular weight is 629 g/mol. The van der Waals surface area contributed by atoms with Gasteiger partial charge in [0, 0.05) is 26.4 Å². The first-order valence-electron chi connectivity index (χ1n) is 14.9. The molecular formula is C33H36N6O7. The zero-order valence-electron chi connectivity index (χ0n) is 25.6. The summed E-state index contributed by atoms with van der Waals surface area (Å²) in [5.74, 6) is -1.65. The van der Waals surface area contributed by atoms with E-state index in [0.29, 0.717) is 12.2 Å². The number of phenolic OH excluding ortho intramolecular Hbond substituents is 1. The smallest absolute Gasteiger partial charge is 0.255 e. The van der Waals surface area contributed by atoms with Gasteiger partial charge in [-0.2, -0.15) is 0 Å². The monoisotopic (exact) mass is 628 g/mol. The number of ether oxygens (including phenoxy) is 1. The fourth-order valence-electron chi connectivity index (χ4n) is 5.16. The number of phenols is 1. The lowest BCUT2D eigenvalue weighted by Crippen LogP contribution is -2.58. The first-order valence-corrected chi connectivity index (χ1v) is 14.9. The first kappa shape index (κ1) is 32.0. The van der Waals surface area contributed by atoms with Crippen LogP contribution in [0, 0.1) is 0 Å². The third kappa shape index (κ3) is 7.26. The van der Waals surface area contributed by atoms with E-state index in [4.69, 9.17) is 4.74 Å². The number of imidazole rings is 1. The summed E-state index contributed by atoms with van der Waals surface area (Å²) in [6.07, 6.45) is -0.749. The zero-order chi connectivity index (χ0) is 33.0. The van der Waals surface area contributed by atoms with E-state index < -0.39 is 47.9 Å². The van der Waals surface area contributed by atoms with Crippen LogP contribution in [-0.4, -0.2) is 74.2 Å². The van der Waals surface area contributed by atoms with E-state index in [1.54, 1.807) is 24.3 Å². The maximum atomic E-state index is 13.4. The second kappa shape index (κ2) is 13.7. The minimum atomic E-state index is -1.46. The van der Waals surface area contributed by atoms with E-state index in [1.165, 1.54) is 32.0 Å². The molecule has 4 bridgehead atoms. The van der Waals surface area contributed by atoms with Crippen molar-refractivity contribution in [2.45, 2.75) is 50.9 Å². The number of aromatic nitrogens is 2. The number of hydrogen-bond acceptors (Lipinski definition) is 8. The third-order valence-electron chi connectivity index (χ3n) is 7.78. The van der Waals surface area contributed by atoms with E-state index in [-0.39, 0.29) is 30.0 Å². The molecule has 4 amide bonds. The molecule has 0 saturated carbocycles. The standard InChI is InChI=1S/C33H36N6O7/c1-18-30(42)37-25(32(44)34-15-14-28-36-24-6-4-5-7-26(24)39(28)3)16-20-8-10-21(11-9-20)46-22-12-13-27(41)23(17-22)31(43)38-29(19(2)40)33(45)35-18/h4-13,17-19,25,29,40-41H,14-16H2,1-3H3,(H,34,44)(H,35,45)(H,37,42)(H,38,43)/t18-,19+,25-,29-/m0/s1. The summed E-state index contributed by atoms with van der Waals surface area (Å²) in [5, 5.41) is 31.1. The summed E-state index contributed by atoms with van der Waals surface area (Å²) in [5.41, 5.74) is 2.38. The highest BCUT2D eigenvalue weighted by Gasteiger charge is 2.31. The SMILES string of the molecule is C[C@@H]1NC(=O)[C@H]([C@@H](C)O)NC(=O)c2cc(ccc2O)Oc2ccc(cc2)C[C@@H](C(=O)NCCc2nc3ccccc3n2C)NC1=O. The number of benzene rings is 3. The number of para-hydroxylation sites is 2. The topological polar surface area (TPSA) is 184 Å². The van der Waals surface area contributed by atoms with Crippen LogP contribution in [0.2, 0.25) is 0 Å². The number of carbonyl (C=O) groups excluding carboxylic acids is 4. The number of carbonyl (C=O) groups is 4. The lowest BCUT2D eigenvalue weighted by Gasteiger charge is -2.25. The number of nitrogens with one attached hydrogen (secondary N) is 4. The molecule has 4 aromatic rings.